The largest absolute Gasteiger partial charge is 0.418 e. The fourth-order valence-corrected chi connectivity index (χ4v) is 4.21. The van der Waals surface area contributed by atoms with Crippen molar-refractivity contribution in [3.05, 3.63) is 35.0 Å². The molecule has 1 fully saturated rings. The van der Waals surface area contributed by atoms with Gasteiger partial charge >= 0.3 is 6.18 Å². The fourth-order valence-electron chi connectivity index (χ4n) is 4.21. The van der Waals surface area contributed by atoms with E-state index >= 15 is 0 Å². The number of nitrogen functional groups attached to an aromatic ring is 1. The molecular weight excluding hydrogens is 393 g/mol. The molecule has 1 saturated heterocycles. The molecule has 1 atom stereocenters. The number of halogens is 3. The minimum Gasteiger partial charge on any atom is -0.398 e. The van der Waals surface area contributed by atoms with E-state index < -0.39 is 11.7 Å². The van der Waals surface area contributed by atoms with Gasteiger partial charge in [-0.1, -0.05) is 6.92 Å². The SMILES string of the molecule is CCCNC1CCN(c2nc(Nc3ccc(N)c(C(F)(F)F)c3)nc3c2CCC3)C1. The van der Waals surface area contributed by atoms with Crippen LogP contribution in [0.1, 0.15) is 43.0 Å². The average molecular weight is 420 g/mol. The molecule has 1 aromatic carbocycles. The van der Waals surface area contributed by atoms with Crippen molar-refractivity contribution in [2.24, 2.45) is 0 Å². The molecule has 9 heteroatoms. The molecule has 0 saturated carbocycles. The van der Waals surface area contributed by atoms with E-state index in [2.05, 4.69) is 27.4 Å². The predicted octanol–water partition coefficient (Wildman–Crippen LogP) is 3.89. The normalized spacial score (nSPS) is 18.7. The van der Waals surface area contributed by atoms with E-state index in [-0.39, 0.29) is 11.4 Å². The highest BCUT2D eigenvalue weighted by molar-refractivity contribution is 5.64. The smallest absolute Gasteiger partial charge is 0.398 e. The number of fused-ring (bicyclic) bond motifs is 1. The van der Waals surface area contributed by atoms with Gasteiger partial charge in [-0.25, -0.2) is 4.98 Å². The summed E-state index contributed by atoms with van der Waals surface area (Å²) in [5, 5.41) is 6.52. The topological polar surface area (TPSA) is 79.1 Å². The molecule has 0 amide bonds. The second-order valence-electron chi connectivity index (χ2n) is 7.96. The summed E-state index contributed by atoms with van der Waals surface area (Å²) in [5.41, 5.74) is 6.77. The highest BCUT2D eigenvalue weighted by Gasteiger charge is 2.33. The van der Waals surface area contributed by atoms with Gasteiger partial charge in [0, 0.05) is 36.1 Å². The lowest BCUT2D eigenvalue weighted by molar-refractivity contribution is -0.136. The van der Waals surface area contributed by atoms with Gasteiger partial charge in [-0.3, -0.25) is 0 Å². The number of nitrogens with zero attached hydrogens (tertiary/aromatic N) is 3. The number of nitrogens with two attached hydrogens (primary N) is 1. The Kier molecular flexibility index (Phi) is 5.73. The number of aromatic nitrogens is 2. The van der Waals surface area contributed by atoms with E-state index in [4.69, 9.17) is 10.7 Å². The van der Waals surface area contributed by atoms with Gasteiger partial charge in [0.2, 0.25) is 5.95 Å². The molecule has 1 aliphatic heterocycles. The van der Waals surface area contributed by atoms with Crippen LogP contribution in [0.4, 0.5) is 36.3 Å². The summed E-state index contributed by atoms with van der Waals surface area (Å²) in [6.45, 7) is 4.93. The molecule has 2 aromatic rings. The van der Waals surface area contributed by atoms with Crippen LogP contribution in [-0.2, 0) is 19.0 Å². The van der Waals surface area contributed by atoms with Crippen LogP contribution in [0.5, 0.6) is 0 Å². The number of anilines is 4. The number of alkyl halides is 3. The molecule has 0 spiro atoms. The van der Waals surface area contributed by atoms with Crippen molar-refractivity contribution in [2.75, 3.05) is 35.6 Å². The standard InChI is InChI=1S/C21H27F3N6/c1-2-9-26-14-8-10-30(12-14)19-15-4-3-5-18(15)28-20(29-19)27-13-6-7-17(25)16(11-13)21(22,23)24/h6-7,11,14,26H,2-5,8-10,12,25H2,1H3,(H,27,28,29). The van der Waals surface area contributed by atoms with Gasteiger partial charge in [-0.15, -0.1) is 0 Å². The molecular formula is C21H27F3N6. The third-order valence-corrected chi connectivity index (χ3v) is 5.70. The Bertz CT molecular complexity index is 914. The minimum atomic E-state index is -4.51. The molecule has 4 rings (SSSR count). The van der Waals surface area contributed by atoms with Crippen molar-refractivity contribution in [2.45, 2.75) is 51.2 Å². The van der Waals surface area contributed by atoms with Crippen LogP contribution in [0.25, 0.3) is 0 Å². The first kappa shape index (κ1) is 20.7. The summed E-state index contributed by atoms with van der Waals surface area (Å²) in [7, 11) is 0. The second-order valence-corrected chi connectivity index (χ2v) is 7.96. The lowest BCUT2D eigenvalue weighted by atomic mass is 10.1. The van der Waals surface area contributed by atoms with Crippen molar-refractivity contribution in [1.29, 1.82) is 0 Å². The molecule has 1 unspecified atom stereocenters. The van der Waals surface area contributed by atoms with Crippen molar-refractivity contribution in [3.63, 3.8) is 0 Å². The summed E-state index contributed by atoms with van der Waals surface area (Å²) in [6, 6.07) is 4.21. The number of rotatable bonds is 6. The zero-order chi connectivity index (χ0) is 21.3. The summed E-state index contributed by atoms with van der Waals surface area (Å²) in [6.07, 6.45) is 0.451. The van der Waals surface area contributed by atoms with Gasteiger partial charge in [0.15, 0.2) is 0 Å². The van der Waals surface area contributed by atoms with E-state index in [0.717, 1.165) is 69.3 Å². The monoisotopic (exact) mass is 420 g/mol. The average Bonchev–Trinajstić information content (AvgIpc) is 3.35. The number of benzene rings is 1. The summed E-state index contributed by atoms with van der Waals surface area (Å²) in [4.78, 5) is 11.6. The second kappa shape index (κ2) is 8.29. The van der Waals surface area contributed by atoms with Crippen LogP contribution < -0.4 is 21.3 Å². The van der Waals surface area contributed by atoms with E-state index in [0.29, 0.717) is 12.0 Å². The quantitative estimate of drug-likeness (QED) is 0.616. The number of hydrogen-bond donors (Lipinski definition) is 3. The third-order valence-electron chi connectivity index (χ3n) is 5.70. The van der Waals surface area contributed by atoms with Gasteiger partial charge < -0.3 is 21.3 Å². The molecule has 2 aliphatic rings. The Labute approximate surface area is 174 Å². The van der Waals surface area contributed by atoms with Crippen LogP contribution in [0.3, 0.4) is 0 Å². The van der Waals surface area contributed by atoms with Crippen LogP contribution in [-0.4, -0.2) is 35.6 Å². The van der Waals surface area contributed by atoms with Crippen LogP contribution in [0, 0.1) is 0 Å². The predicted molar refractivity (Wildman–Crippen MR) is 112 cm³/mol. The molecule has 1 aromatic heterocycles. The van der Waals surface area contributed by atoms with Gasteiger partial charge in [0.25, 0.3) is 0 Å². The molecule has 30 heavy (non-hydrogen) atoms. The molecule has 162 valence electrons. The Balaban J connectivity index is 1.59. The van der Waals surface area contributed by atoms with Crippen molar-refractivity contribution < 1.29 is 13.2 Å². The summed E-state index contributed by atoms with van der Waals surface area (Å²) < 4.78 is 39.6. The molecule has 2 heterocycles. The van der Waals surface area contributed by atoms with Crippen molar-refractivity contribution in [1.82, 2.24) is 15.3 Å². The Hall–Kier alpha value is -2.55. The van der Waals surface area contributed by atoms with E-state index in [1.165, 1.54) is 17.7 Å². The molecule has 1 aliphatic carbocycles. The highest BCUT2D eigenvalue weighted by atomic mass is 19.4. The first-order valence-electron chi connectivity index (χ1n) is 10.5. The van der Waals surface area contributed by atoms with E-state index in [9.17, 15) is 13.2 Å². The summed E-state index contributed by atoms with van der Waals surface area (Å²) >= 11 is 0. The zero-order valence-corrected chi connectivity index (χ0v) is 17.0. The van der Waals surface area contributed by atoms with Crippen LogP contribution in [0.2, 0.25) is 0 Å². The lowest BCUT2D eigenvalue weighted by Gasteiger charge is -2.22. The number of aryl methyl sites for hydroxylation is 1. The van der Waals surface area contributed by atoms with E-state index in [1.807, 2.05) is 0 Å². The summed E-state index contributed by atoms with van der Waals surface area (Å²) in [5.74, 6) is 1.24. The molecule has 6 nitrogen and oxygen atoms in total. The fraction of sp³-hybridized carbons (Fsp3) is 0.524. The number of hydrogen-bond acceptors (Lipinski definition) is 6. The minimum absolute atomic E-state index is 0.268. The molecule has 0 bridgehead atoms. The van der Waals surface area contributed by atoms with E-state index in [1.54, 1.807) is 0 Å². The maximum absolute atomic E-state index is 13.2. The first-order valence-corrected chi connectivity index (χ1v) is 10.5. The lowest BCUT2D eigenvalue weighted by Crippen LogP contribution is -2.33. The highest BCUT2D eigenvalue weighted by Crippen LogP contribution is 2.36. The number of nitrogens with one attached hydrogen (secondary N) is 2. The van der Waals surface area contributed by atoms with Crippen molar-refractivity contribution in [3.8, 4) is 0 Å². The zero-order valence-electron chi connectivity index (χ0n) is 17.0. The Morgan fingerprint density at radius 3 is 2.83 bits per heavy atom. The van der Waals surface area contributed by atoms with Crippen molar-refractivity contribution >= 4 is 23.1 Å². The van der Waals surface area contributed by atoms with Crippen LogP contribution in [0.15, 0.2) is 18.2 Å². The van der Waals surface area contributed by atoms with Gasteiger partial charge in [-0.05, 0) is 56.8 Å². The molecule has 0 radical (unpaired) electrons. The van der Waals surface area contributed by atoms with Crippen LogP contribution >= 0.6 is 0 Å². The van der Waals surface area contributed by atoms with Gasteiger partial charge in [0.05, 0.1) is 11.3 Å². The molecule has 4 N–H and O–H groups in total. The van der Waals surface area contributed by atoms with Gasteiger partial charge in [0.1, 0.15) is 5.82 Å². The Morgan fingerprint density at radius 1 is 1.23 bits per heavy atom. The maximum Gasteiger partial charge on any atom is 0.418 e. The first-order chi connectivity index (χ1) is 14.3. The third kappa shape index (κ3) is 4.30. The van der Waals surface area contributed by atoms with Gasteiger partial charge in [-0.2, -0.15) is 18.2 Å². The maximum atomic E-state index is 13.2. The Morgan fingerprint density at radius 2 is 2.07 bits per heavy atom.